The van der Waals surface area contributed by atoms with Crippen LogP contribution < -0.4 is 5.32 Å². The smallest absolute Gasteiger partial charge is 0.243 e. The summed E-state index contributed by atoms with van der Waals surface area (Å²) >= 11 is 0. The number of pyridine rings is 1. The van der Waals surface area contributed by atoms with Crippen molar-refractivity contribution >= 4 is 26.8 Å². The van der Waals surface area contributed by atoms with Crippen molar-refractivity contribution in [2.24, 2.45) is 5.92 Å². The highest BCUT2D eigenvalue weighted by atomic mass is 32.2. The average molecular weight is 427 g/mol. The molecule has 7 nitrogen and oxygen atoms in total. The van der Waals surface area contributed by atoms with Gasteiger partial charge in [0.25, 0.3) is 0 Å². The van der Waals surface area contributed by atoms with Crippen LogP contribution in [0.1, 0.15) is 25.3 Å². The SMILES string of the molecule is CCn1ccc2cc(S(=O)(=O)N3CCC[C@H](C(=O)NCc4cccnc4)C3)ccc21. The van der Waals surface area contributed by atoms with Gasteiger partial charge in [-0.15, -0.1) is 0 Å². The van der Waals surface area contributed by atoms with Crippen molar-refractivity contribution in [2.45, 2.75) is 37.8 Å². The number of carbonyl (C=O) groups is 1. The normalized spacial score (nSPS) is 17.8. The van der Waals surface area contributed by atoms with Gasteiger partial charge in [-0.3, -0.25) is 9.78 Å². The van der Waals surface area contributed by atoms with Gasteiger partial charge in [-0.1, -0.05) is 6.07 Å². The molecule has 0 unspecified atom stereocenters. The summed E-state index contributed by atoms with van der Waals surface area (Å²) in [7, 11) is -3.65. The lowest BCUT2D eigenvalue weighted by atomic mass is 9.99. The van der Waals surface area contributed by atoms with E-state index >= 15 is 0 Å². The fraction of sp³-hybridized carbons (Fsp3) is 0.364. The van der Waals surface area contributed by atoms with Crippen LogP contribution in [0.4, 0.5) is 0 Å². The number of rotatable bonds is 6. The number of aryl methyl sites for hydroxylation is 1. The third kappa shape index (κ3) is 4.11. The summed E-state index contributed by atoms with van der Waals surface area (Å²) in [5.74, 6) is -0.468. The fourth-order valence-corrected chi connectivity index (χ4v) is 5.53. The molecule has 1 saturated heterocycles. The first-order valence-corrected chi connectivity index (χ1v) is 11.7. The minimum atomic E-state index is -3.65. The predicted molar refractivity (Wildman–Crippen MR) is 115 cm³/mol. The molecule has 1 aliphatic heterocycles. The molecule has 158 valence electrons. The van der Waals surface area contributed by atoms with Gasteiger partial charge in [0, 0.05) is 55.7 Å². The summed E-state index contributed by atoms with van der Waals surface area (Å²) < 4.78 is 30.0. The maximum absolute atomic E-state index is 13.2. The molecule has 0 spiro atoms. The molecule has 0 aliphatic carbocycles. The highest BCUT2D eigenvalue weighted by Crippen LogP contribution is 2.27. The molecule has 4 rings (SSSR count). The Bertz CT molecular complexity index is 1140. The lowest BCUT2D eigenvalue weighted by molar-refractivity contribution is -0.126. The standard InChI is InChI=1S/C22H26N4O3S/c1-2-25-12-9-18-13-20(7-8-21(18)25)30(28,29)26-11-4-6-19(16-26)22(27)24-15-17-5-3-10-23-14-17/h3,5,7-10,12-14,19H,2,4,6,11,15-16H2,1H3,(H,24,27)/t19-/m0/s1. The molecule has 8 heteroatoms. The fourth-order valence-electron chi connectivity index (χ4n) is 3.97. The summed E-state index contributed by atoms with van der Waals surface area (Å²) in [6.07, 6.45) is 6.70. The Hall–Kier alpha value is -2.71. The van der Waals surface area contributed by atoms with Crippen molar-refractivity contribution in [3.63, 3.8) is 0 Å². The Morgan fingerprint density at radius 2 is 2.13 bits per heavy atom. The summed E-state index contributed by atoms with van der Waals surface area (Å²) in [5.41, 5.74) is 1.93. The number of nitrogens with zero attached hydrogens (tertiary/aromatic N) is 3. The van der Waals surface area contributed by atoms with E-state index in [1.165, 1.54) is 4.31 Å². The molecular formula is C22H26N4O3S. The second kappa shape index (κ2) is 8.57. The molecule has 1 aliphatic rings. The third-order valence-electron chi connectivity index (χ3n) is 5.67. The largest absolute Gasteiger partial charge is 0.352 e. The summed E-state index contributed by atoms with van der Waals surface area (Å²) in [5, 5.41) is 3.81. The minimum absolute atomic E-state index is 0.116. The molecule has 0 radical (unpaired) electrons. The molecule has 2 aromatic heterocycles. The third-order valence-corrected chi connectivity index (χ3v) is 7.53. The molecule has 3 heterocycles. The number of hydrogen-bond acceptors (Lipinski definition) is 4. The molecule has 1 fully saturated rings. The number of piperidine rings is 1. The molecule has 1 amide bonds. The molecule has 0 bridgehead atoms. The number of amides is 1. The average Bonchev–Trinajstić information content (AvgIpc) is 3.20. The van der Waals surface area contributed by atoms with Crippen LogP contribution >= 0.6 is 0 Å². The van der Waals surface area contributed by atoms with Gasteiger partial charge in [-0.05, 0) is 55.7 Å². The van der Waals surface area contributed by atoms with Crippen LogP contribution in [0.15, 0.2) is 59.9 Å². The van der Waals surface area contributed by atoms with Gasteiger partial charge in [0.2, 0.25) is 15.9 Å². The minimum Gasteiger partial charge on any atom is -0.352 e. The van der Waals surface area contributed by atoms with Crippen LogP contribution in [0.3, 0.4) is 0 Å². The first-order valence-electron chi connectivity index (χ1n) is 10.2. The molecule has 0 saturated carbocycles. The Balaban J connectivity index is 1.47. The number of nitrogens with one attached hydrogen (secondary N) is 1. The molecule has 1 N–H and O–H groups in total. The lowest BCUT2D eigenvalue weighted by Crippen LogP contribution is -2.45. The highest BCUT2D eigenvalue weighted by molar-refractivity contribution is 7.89. The number of carbonyl (C=O) groups excluding carboxylic acids is 1. The van der Waals surface area contributed by atoms with Crippen molar-refractivity contribution in [1.29, 1.82) is 0 Å². The van der Waals surface area contributed by atoms with Crippen LogP contribution in [0.2, 0.25) is 0 Å². The zero-order valence-electron chi connectivity index (χ0n) is 17.0. The number of sulfonamides is 1. The van der Waals surface area contributed by atoms with E-state index in [-0.39, 0.29) is 23.3 Å². The zero-order chi connectivity index (χ0) is 21.1. The van der Waals surface area contributed by atoms with Gasteiger partial charge in [-0.2, -0.15) is 4.31 Å². The van der Waals surface area contributed by atoms with E-state index in [9.17, 15) is 13.2 Å². The second-order valence-corrected chi connectivity index (χ2v) is 9.54. The van der Waals surface area contributed by atoms with Crippen molar-refractivity contribution in [3.8, 4) is 0 Å². The van der Waals surface area contributed by atoms with Crippen LogP contribution in [0, 0.1) is 5.92 Å². The van der Waals surface area contributed by atoms with Crippen molar-refractivity contribution < 1.29 is 13.2 Å². The Morgan fingerprint density at radius 3 is 2.90 bits per heavy atom. The summed E-state index contributed by atoms with van der Waals surface area (Å²) in [6, 6.07) is 10.9. The number of aromatic nitrogens is 2. The van der Waals surface area contributed by atoms with Gasteiger partial charge >= 0.3 is 0 Å². The van der Waals surface area contributed by atoms with E-state index in [4.69, 9.17) is 0 Å². The number of benzene rings is 1. The summed E-state index contributed by atoms with van der Waals surface area (Å²) in [4.78, 5) is 17.0. The molecular weight excluding hydrogens is 400 g/mol. The first-order chi connectivity index (χ1) is 14.5. The van der Waals surface area contributed by atoms with Crippen molar-refractivity contribution in [1.82, 2.24) is 19.2 Å². The van der Waals surface area contributed by atoms with Gasteiger partial charge in [0.05, 0.1) is 10.8 Å². The van der Waals surface area contributed by atoms with Crippen molar-refractivity contribution in [3.05, 3.63) is 60.6 Å². The van der Waals surface area contributed by atoms with E-state index in [2.05, 4.69) is 21.8 Å². The van der Waals surface area contributed by atoms with Gasteiger partial charge < -0.3 is 9.88 Å². The van der Waals surface area contributed by atoms with Gasteiger partial charge in [0.15, 0.2) is 0 Å². The van der Waals surface area contributed by atoms with Gasteiger partial charge in [0.1, 0.15) is 0 Å². The Kier molecular flexibility index (Phi) is 5.87. The van der Waals surface area contributed by atoms with E-state index in [1.807, 2.05) is 30.5 Å². The zero-order valence-corrected chi connectivity index (χ0v) is 17.8. The molecule has 30 heavy (non-hydrogen) atoms. The number of fused-ring (bicyclic) bond motifs is 1. The van der Waals surface area contributed by atoms with Crippen LogP contribution in [0.25, 0.3) is 10.9 Å². The summed E-state index contributed by atoms with van der Waals surface area (Å²) in [6.45, 7) is 3.91. The molecule has 1 atom stereocenters. The Morgan fingerprint density at radius 1 is 1.27 bits per heavy atom. The monoisotopic (exact) mass is 426 g/mol. The highest BCUT2D eigenvalue weighted by Gasteiger charge is 2.33. The second-order valence-electron chi connectivity index (χ2n) is 7.60. The topological polar surface area (TPSA) is 84.3 Å². The maximum atomic E-state index is 13.2. The van der Waals surface area contributed by atoms with Crippen LogP contribution in [0.5, 0.6) is 0 Å². The first kappa shape index (κ1) is 20.6. The van der Waals surface area contributed by atoms with E-state index in [0.717, 1.165) is 23.0 Å². The Labute approximate surface area is 176 Å². The molecule has 1 aromatic carbocycles. The lowest BCUT2D eigenvalue weighted by Gasteiger charge is -2.31. The van der Waals surface area contributed by atoms with E-state index in [1.54, 1.807) is 24.5 Å². The maximum Gasteiger partial charge on any atom is 0.243 e. The quantitative estimate of drug-likeness (QED) is 0.657. The van der Waals surface area contributed by atoms with Gasteiger partial charge in [-0.25, -0.2) is 8.42 Å². The van der Waals surface area contributed by atoms with E-state index < -0.39 is 10.0 Å². The number of hydrogen-bond donors (Lipinski definition) is 1. The van der Waals surface area contributed by atoms with E-state index in [0.29, 0.717) is 25.9 Å². The van der Waals surface area contributed by atoms with Crippen LogP contribution in [-0.4, -0.2) is 41.3 Å². The molecule has 3 aromatic rings. The predicted octanol–water partition coefficient (Wildman–Crippen LogP) is 2.77. The van der Waals surface area contributed by atoms with Crippen LogP contribution in [-0.2, 0) is 27.9 Å². The van der Waals surface area contributed by atoms with Crippen molar-refractivity contribution in [2.75, 3.05) is 13.1 Å².